The van der Waals surface area contributed by atoms with Crippen molar-refractivity contribution in [3.63, 3.8) is 0 Å². The summed E-state index contributed by atoms with van der Waals surface area (Å²) < 4.78 is 5.08. The Morgan fingerprint density at radius 1 is 1.42 bits per heavy atom. The zero-order valence-corrected chi connectivity index (χ0v) is 11.8. The number of carbonyl (C=O) groups excluding carboxylic acids is 1. The van der Waals surface area contributed by atoms with Crippen LogP contribution in [0.4, 0.5) is 4.79 Å². The van der Waals surface area contributed by atoms with Crippen LogP contribution >= 0.6 is 11.6 Å². The molecule has 1 aliphatic rings. The van der Waals surface area contributed by atoms with Crippen molar-refractivity contribution in [2.24, 2.45) is 0 Å². The van der Waals surface area contributed by atoms with E-state index in [4.69, 9.17) is 16.3 Å². The van der Waals surface area contributed by atoms with E-state index in [1.807, 2.05) is 12.1 Å². The quantitative estimate of drug-likeness (QED) is 0.892. The predicted molar refractivity (Wildman–Crippen MR) is 75.6 cm³/mol. The first-order valence-corrected chi connectivity index (χ1v) is 6.93. The lowest BCUT2D eigenvalue weighted by molar-refractivity contribution is 0.236. The van der Waals surface area contributed by atoms with E-state index in [0.717, 1.165) is 18.4 Å². The third-order valence-electron chi connectivity index (χ3n) is 3.39. The van der Waals surface area contributed by atoms with Crippen molar-refractivity contribution in [2.75, 3.05) is 7.11 Å². The predicted octanol–water partition coefficient (Wildman–Crippen LogP) is 3.09. The zero-order chi connectivity index (χ0) is 13.7. The summed E-state index contributed by atoms with van der Waals surface area (Å²) in [6.45, 7) is 0.418. The first-order valence-electron chi connectivity index (χ1n) is 6.56. The second kappa shape index (κ2) is 6.66. The zero-order valence-electron chi connectivity index (χ0n) is 11.0. The minimum Gasteiger partial charge on any atom is -0.497 e. The molecule has 1 aliphatic carbocycles. The van der Waals surface area contributed by atoms with E-state index in [2.05, 4.69) is 10.6 Å². The molecule has 0 aliphatic heterocycles. The molecule has 19 heavy (non-hydrogen) atoms. The number of halogens is 1. The smallest absolute Gasteiger partial charge is 0.315 e. The van der Waals surface area contributed by atoms with E-state index in [1.165, 1.54) is 12.8 Å². The van der Waals surface area contributed by atoms with Crippen LogP contribution in [0, 0.1) is 0 Å². The Kier molecular flexibility index (Phi) is 4.91. The Labute approximate surface area is 118 Å². The van der Waals surface area contributed by atoms with Gasteiger partial charge in [-0.15, -0.1) is 0 Å². The van der Waals surface area contributed by atoms with Crippen molar-refractivity contribution < 1.29 is 9.53 Å². The first-order chi connectivity index (χ1) is 9.19. The van der Waals surface area contributed by atoms with Crippen LogP contribution in [0.5, 0.6) is 5.75 Å². The minimum atomic E-state index is -0.126. The number of methoxy groups -OCH3 is 1. The number of carbonyl (C=O) groups is 1. The number of amides is 2. The highest BCUT2D eigenvalue weighted by Gasteiger charge is 2.16. The number of hydrogen-bond donors (Lipinski definition) is 2. The Bertz CT molecular complexity index is 445. The van der Waals surface area contributed by atoms with Crippen LogP contribution in [-0.2, 0) is 6.54 Å². The summed E-state index contributed by atoms with van der Waals surface area (Å²) >= 11 is 6.11. The molecule has 0 atom stereocenters. The summed E-state index contributed by atoms with van der Waals surface area (Å²) in [5, 5.41) is 6.40. The second-order valence-corrected chi connectivity index (χ2v) is 5.17. The number of hydrogen-bond acceptors (Lipinski definition) is 2. The van der Waals surface area contributed by atoms with Crippen LogP contribution in [0.1, 0.15) is 31.2 Å². The molecular weight excluding hydrogens is 264 g/mol. The molecular formula is C14H19ClN2O2. The normalized spacial score (nSPS) is 15.3. The van der Waals surface area contributed by atoms with E-state index in [0.29, 0.717) is 23.4 Å². The van der Waals surface area contributed by atoms with Gasteiger partial charge in [0.15, 0.2) is 0 Å². The molecule has 2 rings (SSSR count). The molecule has 0 unspecified atom stereocenters. The number of rotatable bonds is 4. The van der Waals surface area contributed by atoms with E-state index in [9.17, 15) is 4.79 Å². The molecule has 1 aromatic carbocycles. The lowest BCUT2D eigenvalue weighted by Crippen LogP contribution is -2.40. The molecule has 0 aromatic heterocycles. The molecule has 0 bridgehead atoms. The average molecular weight is 283 g/mol. The number of benzene rings is 1. The van der Waals surface area contributed by atoms with Crippen molar-refractivity contribution in [1.29, 1.82) is 0 Å². The molecule has 4 nitrogen and oxygen atoms in total. The maximum atomic E-state index is 11.7. The van der Waals surface area contributed by atoms with Crippen LogP contribution in [0.15, 0.2) is 18.2 Å². The summed E-state index contributed by atoms with van der Waals surface area (Å²) in [5.74, 6) is 0.712. The lowest BCUT2D eigenvalue weighted by atomic mass is 10.2. The maximum Gasteiger partial charge on any atom is 0.315 e. The van der Waals surface area contributed by atoms with Crippen molar-refractivity contribution in [2.45, 2.75) is 38.3 Å². The standard InChI is InChI=1S/C14H19ClN2O2/c1-19-12-7-6-10(13(15)8-12)9-16-14(18)17-11-4-2-3-5-11/h6-8,11H,2-5,9H2,1H3,(H2,16,17,18). The number of nitrogens with one attached hydrogen (secondary N) is 2. The summed E-state index contributed by atoms with van der Waals surface area (Å²) in [7, 11) is 1.60. The third kappa shape index (κ3) is 4.03. The Morgan fingerprint density at radius 2 is 2.16 bits per heavy atom. The van der Waals surface area contributed by atoms with Crippen molar-refractivity contribution >= 4 is 17.6 Å². The Hall–Kier alpha value is -1.42. The van der Waals surface area contributed by atoms with Gasteiger partial charge in [-0.25, -0.2) is 4.79 Å². The van der Waals surface area contributed by atoms with Gasteiger partial charge in [-0.3, -0.25) is 0 Å². The van der Waals surface area contributed by atoms with Crippen molar-refractivity contribution in [3.05, 3.63) is 28.8 Å². The first kappa shape index (κ1) is 14.0. The molecule has 0 radical (unpaired) electrons. The molecule has 1 fully saturated rings. The van der Waals surface area contributed by atoms with Crippen LogP contribution in [-0.4, -0.2) is 19.2 Å². The topological polar surface area (TPSA) is 50.4 Å². The van der Waals surface area contributed by atoms with Crippen LogP contribution in [0.2, 0.25) is 5.02 Å². The van der Waals surface area contributed by atoms with Crippen LogP contribution in [0.25, 0.3) is 0 Å². The van der Waals surface area contributed by atoms with Gasteiger partial charge in [0.1, 0.15) is 5.75 Å². The fourth-order valence-electron chi connectivity index (χ4n) is 2.28. The molecule has 2 amide bonds. The summed E-state index contributed by atoms with van der Waals surface area (Å²) in [6.07, 6.45) is 4.57. The Morgan fingerprint density at radius 3 is 2.79 bits per heavy atom. The van der Waals surface area contributed by atoms with Gasteiger partial charge in [-0.05, 0) is 30.5 Å². The fraction of sp³-hybridized carbons (Fsp3) is 0.500. The van der Waals surface area contributed by atoms with Crippen molar-refractivity contribution in [1.82, 2.24) is 10.6 Å². The monoisotopic (exact) mass is 282 g/mol. The SMILES string of the molecule is COc1ccc(CNC(=O)NC2CCCC2)c(Cl)c1. The van der Waals surface area contributed by atoms with E-state index in [-0.39, 0.29) is 6.03 Å². The summed E-state index contributed by atoms with van der Waals surface area (Å²) in [6, 6.07) is 5.63. The molecule has 5 heteroatoms. The van der Waals surface area contributed by atoms with Gasteiger partial charge in [0.25, 0.3) is 0 Å². The highest BCUT2D eigenvalue weighted by Crippen LogP contribution is 2.22. The van der Waals surface area contributed by atoms with Crippen LogP contribution in [0.3, 0.4) is 0 Å². The fourth-order valence-corrected chi connectivity index (χ4v) is 2.52. The van der Waals surface area contributed by atoms with Crippen LogP contribution < -0.4 is 15.4 Å². The molecule has 0 heterocycles. The van der Waals surface area contributed by atoms with Gasteiger partial charge in [0.2, 0.25) is 0 Å². The number of urea groups is 1. The van der Waals surface area contributed by atoms with E-state index in [1.54, 1.807) is 13.2 Å². The second-order valence-electron chi connectivity index (χ2n) is 4.77. The molecule has 2 N–H and O–H groups in total. The highest BCUT2D eigenvalue weighted by molar-refractivity contribution is 6.31. The van der Waals surface area contributed by atoms with Gasteiger partial charge >= 0.3 is 6.03 Å². The maximum absolute atomic E-state index is 11.7. The van der Waals surface area contributed by atoms with E-state index >= 15 is 0 Å². The lowest BCUT2D eigenvalue weighted by Gasteiger charge is -2.13. The largest absolute Gasteiger partial charge is 0.497 e. The molecule has 1 saturated carbocycles. The summed E-state index contributed by atoms with van der Waals surface area (Å²) in [4.78, 5) is 11.7. The van der Waals surface area contributed by atoms with Gasteiger partial charge in [0.05, 0.1) is 7.11 Å². The number of ether oxygens (including phenoxy) is 1. The van der Waals surface area contributed by atoms with Gasteiger partial charge in [0, 0.05) is 17.6 Å². The van der Waals surface area contributed by atoms with E-state index < -0.39 is 0 Å². The molecule has 1 aromatic rings. The van der Waals surface area contributed by atoms with Gasteiger partial charge in [-0.2, -0.15) is 0 Å². The summed E-state index contributed by atoms with van der Waals surface area (Å²) in [5.41, 5.74) is 0.879. The van der Waals surface area contributed by atoms with Gasteiger partial charge < -0.3 is 15.4 Å². The highest BCUT2D eigenvalue weighted by atomic mass is 35.5. The average Bonchev–Trinajstić information content (AvgIpc) is 2.90. The minimum absolute atomic E-state index is 0.126. The molecule has 104 valence electrons. The molecule has 0 spiro atoms. The van der Waals surface area contributed by atoms with Crippen molar-refractivity contribution in [3.8, 4) is 5.75 Å². The Balaban J connectivity index is 1.82. The third-order valence-corrected chi connectivity index (χ3v) is 3.74. The van der Waals surface area contributed by atoms with Gasteiger partial charge in [-0.1, -0.05) is 30.5 Å². The molecule has 0 saturated heterocycles.